The molecule has 0 fully saturated rings. The van der Waals surface area contributed by atoms with Gasteiger partial charge in [-0.3, -0.25) is 5.10 Å². The van der Waals surface area contributed by atoms with Crippen molar-refractivity contribution in [2.24, 2.45) is 0 Å². The van der Waals surface area contributed by atoms with E-state index in [0.29, 0.717) is 24.1 Å². The number of benzene rings is 2. The molecule has 7 nitrogen and oxygen atoms in total. The van der Waals surface area contributed by atoms with Crippen LogP contribution in [0, 0.1) is 11.3 Å². The predicted octanol–water partition coefficient (Wildman–Crippen LogP) is 3.50. The first-order chi connectivity index (χ1) is 13.1. The highest BCUT2D eigenvalue weighted by Crippen LogP contribution is 2.31. The van der Waals surface area contributed by atoms with Crippen molar-refractivity contribution in [3.8, 4) is 23.1 Å². The third kappa shape index (κ3) is 3.42. The maximum absolute atomic E-state index is 11.9. The number of nitriles is 1. The molecule has 2 aromatic carbocycles. The van der Waals surface area contributed by atoms with Crippen molar-refractivity contribution in [1.29, 1.82) is 5.26 Å². The number of rotatable bonds is 0. The van der Waals surface area contributed by atoms with Crippen molar-refractivity contribution in [3.05, 3.63) is 47.5 Å². The second-order valence-electron chi connectivity index (χ2n) is 6.48. The number of alkyl carbamates (subject to hydrolysis) is 1. The number of carbonyl (C=O) groups is 1. The number of nitrogens with one attached hydrogen (secondary N) is 2. The van der Waals surface area contributed by atoms with Gasteiger partial charge in [-0.15, -0.1) is 0 Å². The van der Waals surface area contributed by atoms with Gasteiger partial charge in [-0.25, -0.2) is 4.79 Å². The number of nitrogens with zero attached hydrogens (tertiary/aromatic N) is 2. The number of aromatic amines is 1. The minimum Gasteiger partial charge on any atom is -0.491 e. The lowest BCUT2D eigenvalue weighted by molar-refractivity contribution is 0.137. The summed E-state index contributed by atoms with van der Waals surface area (Å²) in [6.07, 6.45) is 0.0475. The number of carbonyl (C=O) groups excluding carboxylic acids is 1. The molecule has 1 aliphatic rings. The lowest BCUT2D eigenvalue weighted by Gasteiger charge is -2.15. The summed E-state index contributed by atoms with van der Waals surface area (Å²) >= 11 is 0. The Morgan fingerprint density at radius 2 is 2.15 bits per heavy atom. The largest absolute Gasteiger partial charge is 0.491 e. The van der Waals surface area contributed by atoms with E-state index in [2.05, 4.69) is 21.6 Å². The van der Waals surface area contributed by atoms with Crippen LogP contribution in [0.5, 0.6) is 5.75 Å². The Balaban J connectivity index is 1.83. The normalized spacial score (nSPS) is 17.2. The molecule has 0 saturated carbocycles. The van der Waals surface area contributed by atoms with Crippen LogP contribution in [-0.4, -0.2) is 28.9 Å². The summed E-state index contributed by atoms with van der Waals surface area (Å²) in [4.78, 5) is 11.9. The molecule has 27 heavy (non-hydrogen) atoms. The number of fused-ring (bicyclic) bond motifs is 4. The Morgan fingerprint density at radius 1 is 1.26 bits per heavy atom. The van der Waals surface area contributed by atoms with Gasteiger partial charge in [0, 0.05) is 29.5 Å². The van der Waals surface area contributed by atoms with Crippen LogP contribution in [0.4, 0.5) is 4.79 Å². The fourth-order valence-electron chi connectivity index (χ4n) is 3.12. The topological polar surface area (TPSA) is 100 Å². The zero-order chi connectivity index (χ0) is 18.8. The second kappa shape index (κ2) is 7.00. The highest BCUT2D eigenvalue weighted by atomic mass is 16.5. The average Bonchev–Trinajstić information content (AvgIpc) is 3.08. The Kier molecular flexibility index (Phi) is 4.38. The van der Waals surface area contributed by atoms with Crippen LogP contribution < -0.4 is 10.1 Å². The third-order valence-corrected chi connectivity index (χ3v) is 4.55. The number of hydrogen-bond donors (Lipinski definition) is 2. The van der Waals surface area contributed by atoms with Crippen LogP contribution in [0.2, 0.25) is 0 Å². The molecule has 2 heterocycles. The van der Waals surface area contributed by atoms with E-state index in [0.717, 1.165) is 27.9 Å². The Hall–Kier alpha value is -3.53. The molecule has 2 N–H and O–H groups in total. The molecule has 1 aliphatic heterocycles. The smallest absolute Gasteiger partial charge is 0.407 e. The molecule has 0 radical (unpaired) electrons. The van der Waals surface area contributed by atoms with Crippen LogP contribution in [-0.2, 0) is 11.3 Å². The molecular formula is C20H18N4O3. The molecule has 0 aliphatic carbocycles. The molecule has 4 rings (SSSR count). The maximum Gasteiger partial charge on any atom is 0.407 e. The summed E-state index contributed by atoms with van der Waals surface area (Å²) in [5.41, 5.74) is 3.59. The quantitative estimate of drug-likeness (QED) is 0.637. The molecule has 1 atom stereocenters. The third-order valence-electron chi connectivity index (χ3n) is 4.55. The lowest BCUT2D eigenvalue weighted by Crippen LogP contribution is -2.28. The molecule has 0 unspecified atom stereocenters. The van der Waals surface area contributed by atoms with E-state index < -0.39 is 6.09 Å². The SMILES string of the molecule is C[C@@H]1CCNC(=O)OCc2cc(ccc2C#N)-c2n[nH]c3ccc(cc23)O1. The van der Waals surface area contributed by atoms with Gasteiger partial charge in [-0.05, 0) is 37.3 Å². The van der Waals surface area contributed by atoms with Gasteiger partial charge >= 0.3 is 6.09 Å². The zero-order valence-corrected chi connectivity index (χ0v) is 14.8. The van der Waals surface area contributed by atoms with Gasteiger partial charge in [0.15, 0.2) is 0 Å². The Morgan fingerprint density at radius 3 is 3.00 bits per heavy atom. The molecule has 1 aromatic heterocycles. The zero-order valence-electron chi connectivity index (χ0n) is 14.8. The standard InChI is InChI=1S/C20H18N4O3/c1-12-6-7-22-20(25)26-11-15-8-13(2-3-14(15)10-21)19-17-9-16(27-12)4-5-18(17)23-24-19/h2-5,8-9,12H,6-7,11H2,1H3,(H,22,25)(H,23,24)/t12-/m1/s1. The molecule has 0 spiro atoms. The van der Waals surface area contributed by atoms with Crippen LogP contribution in [0.1, 0.15) is 24.5 Å². The summed E-state index contributed by atoms with van der Waals surface area (Å²) in [6, 6.07) is 13.3. The van der Waals surface area contributed by atoms with Gasteiger partial charge in [-0.2, -0.15) is 10.4 Å². The molecule has 1 amide bonds. The summed E-state index contributed by atoms with van der Waals surface area (Å²) in [5, 5.41) is 20.4. The number of ether oxygens (including phenoxy) is 2. The number of H-pyrrole nitrogens is 1. The molecular weight excluding hydrogens is 344 g/mol. The molecule has 0 saturated heterocycles. The van der Waals surface area contributed by atoms with E-state index in [1.54, 1.807) is 6.07 Å². The van der Waals surface area contributed by atoms with Crippen LogP contribution in [0.3, 0.4) is 0 Å². The summed E-state index contributed by atoms with van der Waals surface area (Å²) in [7, 11) is 0. The average molecular weight is 362 g/mol. The van der Waals surface area contributed by atoms with Crippen molar-refractivity contribution in [1.82, 2.24) is 15.5 Å². The van der Waals surface area contributed by atoms with Gasteiger partial charge in [0.25, 0.3) is 0 Å². The number of amides is 1. The number of hydrogen-bond acceptors (Lipinski definition) is 5. The lowest BCUT2D eigenvalue weighted by atomic mass is 10.0. The monoisotopic (exact) mass is 362 g/mol. The summed E-state index contributed by atoms with van der Waals surface area (Å²) in [5.74, 6) is 0.740. The van der Waals surface area contributed by atoms with Crippen LogP contribution in [0.25, 0.3) is 22.2 Å². The minimum atomic E-state index is -0.519. The first kappa shape index (κ1) is 16.9. The fraction of sp³-hybridized carbons (Fsp3) is 0.250. The first-order valence-corrected chi connectivity index (χ1v) is 8.73. The van der Waals surface area contributed by atoms with Gasteiger partial charge in [0.2, 0.25) is 0 Å². The van der Waals surface area contributed by atoms with Crippen molar-refractivity contribution in [2.75, 3.05) is 6.54 Å². The van der Waals surface area contributed by atoms with Crippen molar-refractivity contribution in [2.45, 2.75) is 26.1 Å². The first-order valence-electron chi connectivity index (χ1n) is 8.73. The van der Waals surface area contributed by atoms with Gasteiger partial charge in [-0.1, -0.05) is 6.07 Å². The van der Waals surface area contributed by atoms with Gasteiger partial charge < -0.3 is 14.8 Å². The van der Waals surface area contributed by atoms with E-state index in [-0.39, 0.29) is 12.7 Å². The van der Waals surface area contributed by atoms with Gasteiger partial charge in [0.1, 0.15) is 18.1 Å². The van der Waals surface area contributed by atoms with E-state index in [1.807, 2.05) is 37.3 Å². The summed E-state index contributed by atoms with van der Waals surface area (Å²) < 4.78 is 11.2. The Bertz CT molecular complexity index is 1050. The van der Waals surface area contributed by atoms with E-state index in [1.165, 1.54) is 0 Å². The number of cyclic esters (lactones) is 1. The summed E-state index contributed by atoms with van der Waals surface area (Å²) in [6.45, 7) is 2.40. The van der Waals surface area contributed by atoms with Crippen molar-refractivity contribution in [3.63, 3.8) is 0 Å². The molecule has 136 valence electrons. The van der Waals surface area contributed by atoms with Crippen molar-refractivity contribution >= 4 is 17.0 Å². The molecule has 4 bridgehead atoms. The van der Waals surface area contributed by atoms with Gasteiger partial charge in [0.05, 0.1) is 23.3 Å². The Labute approximate surface area is 155 Å². The predicted molar refractivity (Wildman–Crippen MR) is 99.1 cm³/mol. The highest BCUT2D eigenvalue weighted by Gasteiger charge is 2.15. The fourth-order valence-corrected chi connectivity index (χ4v) is 3.12. The highest BCUT2D eigenvalue weighted by molar-refractivity contribution is 5.94. The van der Waals surface area contributed by atoms with E-state index in [4.69, 9.17) is 9.47 Å². The van der Waals surface area contributed by atoms with E-state index in [9.17, 15) is 10.1 Å². The molecule has 3 aromatic rings. The van der Waals surface area contributed by atoms with Crippen LogP contribution >= 0.6 is 0 Å². The maximum atomic E-state index is 11.9. The minimum absolute atomic E-state index is 0.0161. The van der Waals surface area contributed by atoms with Crippen LogP contribution in [0.15, 0.2) is 36.4 Å². The van der Waals surface area contributed by atoms with E-state index >= 15 is 0 Å². The van der Waals surface area contributed by atoms with Crippen molar-refractivity contribution < 1.29 is 14.3 Å². The second-order valence-corrected chi connectivity index (χ2v) is 6.48. The number of aromatic nitrogens is 2. The molecule has 7 heteroatoms.